The molecule has 5 heteroatoms. The summed E-state index contributed by atoms with van der Waals surface area (Å²) in [5, 5.41) is 2.94. The van der Waals surface area contributed by atoms with Crippen molar-refractivity contribution < 1.29 is 4.79 Å². The molecule has 0 saturated heterocycles. The summed E-state index contributed by atoms with van der Waals surface area (Å²) in [6.07, 6.45) is 3.33. The number of carbonyl (C=O) groups is 1. The molecular weight excluding hydrogens is 202 g/mol. The van der Waals surface area contributed by atoms with Crippen LogP contribution in [0.15, 0.2) is 0 Å². The lowest BCUT2D eigenvalue weighted by Crippen LogP contribution is -2.46. The fourth-order valence-corrected chi connectivity index (χ4v) is 1.82. The van der Waals surface area contributed by atoms with Gasteiger partial charge in [0.15, 0.2) is 0 Å². The van der Waals surface area contributed by atoms with Gasteiger partial charge in [-0.3, -0.25) is 4.79 Å². The van der Waals surface area contributed by atoms with Crippen molar-refractivity contribution in [3.05, 3.63) is 0 Å². The molecule has 0 heterocycles. The van der Waals surface area contributed by atoms with Crippen molar-refractivity contribution in [1.29, 1.82) is 0 Å². The van der Waals surface area contributed by atoms with Crippen LogP contribution < -0.4 is 16.8 Å². The molecule has 0 aromatic rings. The summed E-state index contributed by atoms with van der Waals surface area (Å²) in [5.41, 5.74) is 11.1. The van der Waals surface area contributed by atoms with Crippen molar-refractivity contribution >= 4 is 18.3 Å². The number of amides is 1. The Kier molecular flexibility index (Phi) is 6.08. The lowest BCUT2D eigenvalue weighted by Gasteiger charge is -2.20. The van der Waals surface area contributed by atoms with Gasteiger partial charge in [-0.25, -0.2) is 0 Å². The third-order valence-corrected chi connectivity index (χ3v) is 2.70. The van der Waals surface area contributed by atoms with Crippen LogP contribution in [0.2, 0.25) is 0 Å². The highest BCUT2D eigenvalue weighted by atomic mass is 35.5. The van der Waals surface area contributed by atoms with E-state index < -0.39 is 6.04 Å². The van der Waals surface area contributed by atoms with Crippen LogP contribution in [0.25, 0.3) is 0 Å². The van der Waals surface area contributed by atoms with E-state index in [2.05, 4.69) is 5.32 Å². The highest BCUT2D eigenvalue weighted by molar-refractivity contribution is 5.85. The van der Waals surface area contributed by atoms with Gasteiger partial charge in [-0.2, -0.15) is 0 Å². The second-order valence-electron chi connectivity index (χ2n) is 3.83. The van der Waals surface area contributed by atoms with Gasteiger partial charge in [-0.05, 0) is 32.2 Å². The number of hydrogen-bond donors (Lipinski definition) is 3. The van der Waals surface area contributed by atoms with Gasteiger partial charge in [0.1, 0.15) is 0 Å². The normalized spacial score (nSPS) is 27.9. The number of hydrogen-bond acceptors (Lipinski definition) is 3. The monoisotopic (exact) mass is 221 g/mol. The summed E-state index contributed by atoms with van der Waals surface area (Å²) in [6.45, 7) is 2.35. The molecule has 1 fully saturated rings. The van der Waals surface area contributed by atoms with Gasteiger partial charge in [0.05, 0.1) is 6.04 Å². The fourth-order valence-electron chi connectivity index (χ4n) is 1.82. The average Bonchev–Trinajstić information content (AvgIpc) is 2.51. The molecule has 1 amide bonds. The van der Waals surface area contributed by atoms with Crippen LogP contribution in [0.1, 0.15) is 26.2 Å². The van der Waals surface area contributed by atoms with E-state index in [1.165, 1.54) is 0 Å². The minimum Gasteiger partial charge on any atom is -0.352 e. The van der Waals surface area contributed by atoms with Crippen LogP contribution in [0.3, 0.4) is 0 Å². The van der Waals surface area contributed by atoms with E-state index >= 15 is 0 Å². The molecule has 1 aliphatic carbocycles. The van der Waals surface area contributed by atoms with Crippen LogP contribution in [0.4, 0.5) is 0 Å². The van der Waals surface area contributed by atoms with E-state index in [0.29, 0.717) is 12.5 Å². The maximum absolute atomic E-state index is 11.3. The third-order valence-electron chi connectivity index (χ3n) is 2.70. The highest BCUT2D eigenvalue weighted by Gasteiger charge is 2.27. The van der Waals surface area contributed by atoms with Crippen LogP contribution in [-0.2, 0) is 4.79 Å². The van der Waals surface area contributed by atoms with Gasteiger partial charge >= 0.3 is 0 Å². The lowest BCUT2D eigenvalue weighted by molar-refractivity contribution is -0.122. The fraction of sp³-hybridized carbons (Fsp3) is 0.889. The van der Waals surface area contributed by atoms with Crippen molar-refractivity contribution in [2.45, 2.75) is 38.3 Å². The number of nitrogens with one attached hydrogen (secondary N) is 1. The quantitative estimate of drug-likeness (QED) is 0.628. The first-order valence-electron chi connectivity index (χ1n) is 4.91. The molecule has 84 valence electrons. The highest BCUT2D eigenvalue weighted by Crippen LogP contribution is 2.24. The Morgan fingerprint density at radius 3 is 2.71 bits per heavy atom. The molecule has 0 aliphatic heterocycles. The van der Waals surface area contributed by atoms with E-state index in [-0.39, 0.29) is 24.4 Å². The molecule has 1 rings (SSSR count). The molecule has 3 atom stereocenters. The molecule has 1 saturated carbocycles. The number of rotatable bonds is 3. The predicted molar refractivity (Wildman–Crippen MR) is 59.2 cm³/mol. The summed E-state index contributed by atoms with van der Waals surface area (Å²) < 4.78 is 0. The molecular formula is C9H20ClN3O. The van der Waals surface area contributed by atoms with Crippen LogP contribution in [0.5, 0.6) is 0 Å². The zero-order valence-electron chi connectivity index (χ0n) is 8.53. The Bertz CT molecular complexity index is 187. The van der Waals surface area contributed by atoms with Crippen LogP contribution in [-0.4, -0.2) is 24.5 Å². The lowest BCUT2D eigenvalue weighted by atomic mass is 10.0. The van der Waals surface area contributed by atoms with Gasteiger partial charge in [-0.1, -0.05) is 6.42 Å². The first kappa shape index (κ1) is 13.7. The molecule has 0 aromatic carbocycles. The van der Waals surface area contributed by atoms with Crippen LogP contribution >= 0.6 is 12.4 Å². The van der Waals surface area contributed by atoms with Crippen molar-refractivity contribution in [3.63, 3.8) is 0 Å². The van der Waals surface area contributed by atoms with Crippen molar-refractivity contribution in [2.75, 3.05) is 6.54 Å². The van der Waals surface area contributed by atoms with Gasteiger partial charge in [0.2, 0.25) is 5.91 Å². The van der Waals surface area contributed by atoms with E-state index in [4.69, 9.17) is 11.5 Å². The Morgan fingerprint density at radius 2 is 2.21 bits per heavy atom. The molecule has 0 bridgehead atoms. The smallest absolute Gasteiger partial charge is 0.236 e. The summed E-state index contributed by atoms with van der Waals surface area (Å²) >= 11 is 0. The van der Waals surface area contributed by atoms with Gasteiger partial charge < -0.3 is 16.8 Å². The van der Waals surface area contributed by atoms with Crippen molar-refractivity contribution in [1.82, 2.24) is 5.32 Å². The average molecular weight is 222 g/mol. The van der Waals surface area contributed by atoms with Crippen LogP contribution in [0, 0.1) is 5.92 Å². The molecule has 14 heavy (non-hydrogen) atoms. The van der Waals surface area contributed by atoms with E-state index in [0.717, 1.165) is 19.3 Å². The number of nitrogens with two attached hydrogens (primary N) is 2. The molecule has 4 nitrogen and oxygen atoms in total. The molecule has 2 unspecified atom stereocenters. The second-order valence-corrected chi connectivity index (χ2v) is 3.83. The van der Waals surface area contributed by atoms with Gasteiger partial charge in [-0.15, -0.1) is 12.4 Å². The molecule has 5 N–H and O–H groups in total. The van der Waals surface area contributed by atoms with Crippen molar-refractivity contribution in [2.24, 2.45) is 17.4 Å². The standard InChI is InChI=1S/C9H19N3O.ClH/c1-6(11)9(13)12-8-4-2-3-7(8)5-10;/h6-8H,2-5,10-11H2,1H3,(H,12,13);1H/t6-,7?,8?;/m0./s1. The maximum Gasteiger partial charge on any atom is 0.236 e. The summed E-state index contributed by atoms with van der Waals surface area (Å²) in [7, 11) is 0. The minimum absolute atomic E-state index is 0. The molecule has 1 aliphatic rings. The largest absolute Gasteiger partial charge is 0.352 e. The Morgan fingerprint density at radius 1 is 1.57 bits per heavy atom. The zero-order chi connectivity index (χ0) is 9.84. The summed E-state index contributed by atoms with van der Waals surface area (Å²) in [5.74, 6) is 0.382. The topological polar surface area (TPSA) is 81.1 Å². The van der Waals surface area contributed by atoms with Gasteiger partial charge in [0.25, 0.3) is 0 Å². The summed E-state index contributed by atoms with van der Waals surface area (Å²) in [4.78, 5) is 11.3. The first-order valence-corrected chi connectivity index (χ1v) is 4.91. The zero-order valence-corrected chi connectivity index (χ0v) is 9.35. The third kappa shape index (κ3) is 3.44. The molecule has 0 spiro atoms. The second kappa shape index (κ2) is 6.22. The Hall–Kier alpha value is -0.320. The van der Waals surface area contributed by atoms with E-state index in [1.807, 2.05) is 0 Å². The summed E-state index contributed by atoms with van der Waals surface area (Å²) in [6, 6.07) is -0.164. The number of carbonyl (C=O) groups excluding carboxylic acids is 1. The molecule has 0 aromatic heterocycles. The maximum atomic E-state index is 11.3. The van der Waals surface area contributed by atoms with E-state index in [9.17, 15) is 4.79 Å². The van der Waals surface area contributed by atoms with Crippen molar-refractivity contribution in [3.8, 4) is 0 Å². The Balaban J connectivity index is 0.00000169. The van der Waals surface area contributed by atoms with Gasteiger partial charge in [0, 0.05) is 6.04 Å². The van der Waals surface area contributed by atoms with E-state index in [1.54, 1.807) is 6.92 Å². The number of halogens is 1. The predicted octanol–water partition coefficient (Wildman–Crippen LogP) is -0.001000. The molecule has 0 radical (unpaired) electrons. The Labute approximate surface area is 91.2 Å². The SMILES string of the molecule is C[C@H](N)C(=O)NC1CCCC1CN.Cl. The first-order chi connectivity index (χ1) is 6.15. The minimum atomic E-state index is -0.418.